The zero-order chi connectivity index (χ0) is 16.7. The van der Waals surface area contributed by atoms with Crippen LogP contribution in [0.5, 0.6) is 0 Å². The largest absolute Gasteiger partial charge is 0.462 e. The van der Waals surface area contributed by atoms with E-state index in [1.54, 1.807) is 30.3 Å². The summed E-state index contributed by atoms with van der Waals surface area (Å²) in [5.41, 5.74) is 2.52. The van der Waals surface area contributed by atoms with Crippen LogP contribution in [0.3, 0.4) is 0 Å². The lowest BCUT2D eigenvalue weighted by Gasteiger charge is -2.09. The van der Waals surface area contributed by atoms with Gasteiger partial charge in [0.05, 0.1) is 12.2 Å². The summed E-state index contributed by atoms with van der Waals surface area (Å²) >= 11 is 0. The number of rotatable bonds is 6. The molecule has 0 unspecified atom stereocenters. The van der Waals surface area contributed by atoms with E-state index in [9.17, 15) is 9.59 Å². The molecule has 1 amide bonds. The van der Waals surface area contributed by atoms with Crippen LogP contribution >= 0.6 is 0 Å². The van der Waals surface area contributed by atoms with Gasteiger partial charge in [-0.3, -0.25) is 4.79 Å². The molecule has 120 valence electrons. The molecule has 0 spiro atoms. The van der Waals surface area contributed by atoms with Gasteiger partial charge in [0.1, 0.15) is 0 Å². The predicted octanol–water partition coefficient (Wildman–Crippen LogP) is 4.20. The Kier molecular flexibility index (Phi) is 5.92. The van der Waals surface area contributed by atoms with Crippen molar-refractivity contribution in [2.24, 2.45) is 0 Å². The highest BCUT2D eigenvalue weighted by atomic mass is 16.5. The van der Waals surface area contributed by atoms with Gasteiger partial charge in [-0.1, -0.05) is 37.6 Å². The van der Waals surface area contributed by atoms with Gasteiger partial charge in [0.2, 0.25) is 0 Å². The minimum Gasteiger partial charge on any atom is -0.462 e. The summed E-state index contributed by atoms with van der Waals surface area (Å²) in [6.07, 6.45) is 1.81. The van der Waals surface area contributed by atoms with E-state index in [4.69, 9.17) is 4.74 Å². The number of carbonyl (C=O) groups excluding carboxylic acids is 2. The summed E-state index contributed by atoms with van der Waals surface area (Å²) in [4.78, 5) is 24.2. The van der Waals surface area contributed by atoms with E-state index in [1.165, 1.54) is 0 Å². The maximum Gasteiger partial charge on any atom is 0.338 e. The molecule has 23 heavy (non-hydrogen) atoms. The fraction of sp³-hybridized carbons (Fsp3) is 0.263. The van der Waals surface area contributed by atoms with Crippen LogP contribution in [0.15, 0.2) is 48.5 Å². The number of benzene rings is 2. The molecule has 0 atom stereocenters. The van der Waals surface area contributed by atoms with Crippen molar-refractivity contribution >= 4 is 17.6 Å². The van der Waals surface area contributed by atoms with Crippen LogP contribution in [0.1, 0.15) is 46.0 Å². The van der Waals surface area contributed by atoms with Crippen molar-refractivity contribution in [2.75, 3.05) is 11.9 Å². The predicted molar refractivity (Wildman–Crippen MR) is 90.8 cm³/mol. The van der Waals surface area contributed by atoms with Crippen LogP contribution in [-0.2, 0) is 4.74 Å². The first-order valence-electron chi connectivity index (χ1n) is 7.76. The number of carbonyl (C=O) groups is 2. The highest BCUT2D eigenvalue weighted by Gasteiger charge is 2.11. The van der Waals surface area contributed by atoms with Crippen LogP contribution in [0, 0.1) is 6.92 Å². The zero-order valence-electron chi connectivity index (χ0n) is 13.5. The molecule has 0 saturated carbocycles. The Hall–Kier alpha value is -2.62. The van der Waals surface area contributed by atoms with Crippen molar-refractivity contribution in [3.8, 4) is 0 Å². The van der Waals surface area contributed by atoms with Gasteiger partial charge in [-0.2, -0.15) is 0 Å². The van der Waals surface area contributed by atoms with Gasteiger partial charge in [-0.15, -0.1) is 0 Å². The number of anilines is 1. The number of hydrogen-bond acceptors (Lipinski definition) is 3. The average Bonchev–Trinajstić information content (AvgIpc) is 2.55. The summed E-state index contributed by atoms with van der Waals surface area (Å²) < 4.78 is 5.18. The fourth-order valence-electron chi connectivity index (χ4n) is 2.14. The number of hydrogen-bond donors (Lipinski definition) is 1. The average molecular weight is 311 g/mol. The van der Waals surface area contributed by atoms with E-state index in [-0.39, 0.29) is 11.9 Å². The zero-order valence-corrected chi connectivity index (χ0v) is 13.5. The Morgan fingerprint density at radius 1 is 1.09 bits per heavy atom. The molecule has 0 bridgehead atoms. The maximum absolute atomic E-state index is 12.3. The van der Waals surface area contributed by atoms with E-state index in [0.717, 1.165) is 18.4 Å². The summed E-state index contributed by atoms with van der Waals surface area (Å²) in [5, 5.41) is 2.81. The first-order chi connectivity index (χ1) is 11.1. The maximum atomic E-state index is 12.3. The van der Waals surface area contributed by atoms with E-state index >= 15 is 0 Å². The minimum atomic E-state index is -0.370. The van der Waals surface area contributed by atoms with Crippen LogP contribution < -0.4 is 5.32 Å². The molecule has 0 aliphatic rings. The number of esters is 1. The SMILES string of the molecule is CCCCOC(=O)c1cccc(NC(=O)c2ccccc2C)c1. The lowest BCUT2D eigenvalue weighted by Crippen LogP contribution is -2.14. The van der Waals surface area contributed by atoms with Gasteiger partial charge < -0.3 is 10.1 Å². The molecule has 0 aromatic heterocycles. The summed E-state index contributed by atoms with van der Waals surface area (Å²) in [5.74, 6) is -0.565. The number of nitrogens with one attached hydrogen (secondary N) is 1. The second-order valence-electron chi connectivity index (χ2n) is 5.34. The van der Waals surface area contributed by atoms with Crippen molar-refractivity contribution in [1.29, 1.82) is 0 Å². The van der Waals surface area contributed by atoms with Crippen molar-refractivity contribution in [1.82, 2.24) is 0 Å². The monoisotopic (exact) mass is 311 g/mol. The number of amides is 1. The summed E-state index contributed by atoms with van der Waals surface area (Å²) in [6, 6.07) is 14.2. The van der Waals surface area contributed by atoms with E-state index in [2.05, 4.69) is 5.32 Å². The lowest BCUT2D eigenvalue weighted by atomic mass is 10.1. The minimum absolute atomic E-state index is 0.195. The fourth-order valence-corrected chi connectivity index (χ4v) is 2.14. The van der Waals surface area contributed by atoms with Crippen molar-refractivity contribution in [3.63, 3.8) is 0 Å². The van der Waals surface area contributed by atoms with Gasteiger partial charge >= 0.3 is 5.97 Å². The molecule has 4 heteroatoms. The van der Waals surface area contributed by atoms with Crippen LogP contribution in [0.4, 0.5) is 5.69 Å². The first-order valence-corrected chi connectivity index (χ1v) is 7.76. The molecular formula is C19H21NO3. The van der Waals surface area contributed by atoms with Crippen molar-refractivity contribution in [2.45, 2.75) is 26.7 Å². The van der Waals surface area contributed by atoms with Gasteiger partial charge in [-0.25, -0.2) is 4.79 Å². The molecule has 0 saturated heterocycles. The Morgan fingerprint density at radius 3 is 2.61 bits per heavy atom. The third-order valence-corrected chi connectivity index (χ3v) is 3.48. The van der Waals surface area contributed by atoms with E-state index < -0.39 is 0 Å². The first kappa shape index (κ1) is 16.7. The highest BCUT2D eigenvalue weighted by molar-refractivity contribution is 6.05. The van der Waals surface area contributed by atoms with Gasteiger partial charge in [-0.05, 0) is 43.2 Å². The molecule has 1 N–H and O–H groups in total. The molecule has 2 aromatic rings. The highest BCUT2D eigenvalue weighted by Crippen LogP contribution is 2.15. The second-order valence-corrected chi connectivity index (χ2v) is 5.34. The van der Waals surface area contributed by atoms with Crippen molar-refractivity contribution < 1.29 is 14.3 Å². The number of aryl methyl sites for hydroxylation is 1. The second kappa shape index (κ2) is 8.13. The van der Waals surface area contributed by atoms with Crippen molar-refractivity contribution in [3.05, 3.63) is 65.2 Å². The van der Waals surface area contributed by atoms with E-state index in [0.29, 0.717) is 23.4 Å². The molecular weight excluding hydrogens is 290 g/mol. The van der Waals surface area contributed by atoms with Gasteiger partial charge in [0.25, 0.3) is 5.91 Å². The van der Waals surface area contributed by atoms with Gasteiger partial charge in [0, 0.05) is 11.3 Å². The van der Waals surface area contributed by atoms with Crippen LogP contribution in [0.25, 0.3) is 0 Å². The Labute approximate surface area is 136 Å². The molecule has 0 radical (unpaired) electrons. The molecule has 0 aliphatic carbocycles. The smallest absolute Gasteiger partial charge is 0.338 e. The topological polar surface area (TPSA) is 55.4 Å². The summed E-state index contributed by atoms with van der Waals surface area (Å²) in [7, 11) is 0. The normalized spacial score (nSPS) is 10.2. The molecule has 0 aliphatic heterocycles. The number of unbranched alkanes of at least 4 members (excludes halogenated alkanes) is 1. The lowest BCUT2D eigenvalue weighted by molar-refractivity contribution is 0.0499. The quantitative estimate of drug-likeness (QED) is 0.642. The molecule has 2 rings (SSSR count). The third-order valence-electron chi connectivity index (χ3n) is 3.48. The summed E-state index contributed by atoms with van der Waals surface area (Å²) in [6.45, 7) is 4.33. The number of ether oxygens (including phenoxy) is 1. The molecule has 0 heterocycles. The van der Waals surface area contributed by atoms with E-state index in [1.807, 2.05) is 32.0 Å². The van der Waals surface area contributed by atoms with Crippen LogP contribution in [-0.4, -0.2) is 18.5 Å². The molecule has 2 aromatic carbocycles. The Bertz CT molecular complexity index is 695. The Morgan fingerprint density at radius 2 is 1.87 bits per heavy atom. The standard InChI is InChI=1S/C19H21NO3/c1-3-4-12-23-19(22)15-9-7-10-16(13-15)20-18(21)17-11-6-5-8-14(17)2/h5-11,13H,3-4,12H2,1-2H3,(H,20,21). The third kappa shape index (κ3) is 4.68. The molecule has 0 fully saturated rings. The Balaban J connectivity index is 2.07. The molecule has 4 nitrogen and oxygen atoms in total. The van der Waals surface area contributed by atoms with Gasteiger partial charge in [0.15, 0.2) is 0 Å². The van der Waals surface area contributed by atoms with Crippen LogP contribution in [0.2, 0.25) is 0 Å².